The van der Waals surface area contributed by atoms with Crippen molar-refractivity contribution in [2.45, 2.75) is 31.6 Å². The highest BCUT2D eigenvalue weighted by Gasteiger charge is 2.50. The number of nitrogens with two attached hydrogens (primary N) is 1. The Morgan fingerprint density at radius 3 is 2.62 bits per heavy atom. The van der Waals surface area contributed by atoms with Crippen LogP contribution in [0.3, 0.4) is 0 Å². The standard InChI is InChI=1S/C21H23Cl2N3O3/c1-14(28-2)20(27)26-21(12-7-13-24,15-8-4-3-5-9-15)29-19(25-26)16-10-6-11-17(22)18(16)23/h3-6,8-11,14H,7,12-13,24H2,1-2H3/t14-,21?/m0/s1. The van der Waals surface area contributed by atoms with Gasteiger partial charge in [-0.2, -0.15) is 5.01 Å². The van der Waals surface area contributed by atoms with Crippen LogP contribution in [-0.4, -0.2) is 36.6 Å². The molecule has 8 heteroatoms. The van der Waals surface area contributed by atoms with Crippen molar-refractivity contribution < 1.29 is 14.3 Å². The first-order valence-electron chi connectivity index (χ1n) is 9.29. The minimum Gasteiger partial charge on any atom is -0.443 e. The molecular weight excluding hydrogens is 413 g/mol. The van der Waals surface area contributed by atoms with Crippen LogP contribution >= 0.6 is 23.2 Å². The zero-order valence-corrected chi connectivity index (χ0v) is 17.8. The van der Waals surface area contributed by atoms with Crippen molar-refractivity contribution in [3.63, 3.8) is 0 Å². The van der Waals surface area contributed by atoms with Gasteiger partial charge in [-0.1, -0.05) is 59.6 Å². The molecule has 2 aromatic carbocycles. The zero-order valence-electron chi connectivity index (χ0n) is 16.3. The molecule has 2 atom stereocenters. The van der Waals surface area contributed by atoms with E-state index in [4.69, 9.17) is 38.4 Å². The highest BCUT2D eigenvalue weighted by molar-refractivity contribution is 6.43. The molecule has 2 aromatic rings. The maximum absolute atomic E-state index is 13.2. The van der Waals surface area contributed by atoms with Crippen molar-refractivity contribution in [3.8, 4) is 0 Å². The molecule has 1 amide bonds. The molecule has 6 nitrogen and oxygen atoms in total. The van der Waals surface area contributed by atoms with E-state index in [-0.39, 0.29) is 11.8 Å². The molecular formula is C21H23Cl2N3O3. The summed E-state index contributed by atoms with van der Waals surface area (Å²) in [4.78, 5) is 13.2. The predicted molar refractivity (Wildman–Crippen MR) is 114 cm³/mol. The molecule has 0 saturated heterocycles. The molecule has 0 saturated carbocycles. The third-order valence-corrected chi connectivity index (χ3v) is 5.65. The van der Waals surface area contributed by atoms with Crippen LogP contribution in [0.15, 0.2) is 53.6 Å². The Bertz CT molecular complexity index is 907. The molecule has 1 aliphatic rings. The van der Waals surface area contributed by atoms with Gasteiger partial charge < -0.3 is 15.2 Å². The first kappa shape index (κ1) is 21.6. The second-order valence-electron chi connectivity index (χ2n) is 6.68. The van der Waals surface area contributed by atoms with E-state index in [0.717, 1.165) is 5.56 Å². The van der Waals surface area contributed by atoms with Crippen molar-refractivity contribution >= 4 is 35.0 Å². The van der Waals surface area contributed by atoms with E-state index < -0.39 is 11.8 Å². The first-order chi connectivity index (χ1) is 13.9. The van der Waals surface area contributed by atoms with Crippen LogP contribution in [0.25, 0.3) is 0 Å². The normalized spacial score (nSPS) is 19.6. The van der Waals surface area contributed by atoms with Crippen LogP contribution in [0, 0.1) is 0 Å². The molecule has 0 aliphatic carbocycles. The molecule has 0 fully saturated rings. The Kier molecular flexibility index (Phi) is 6.80. The molecule has 0 spiro atoms. The van der Waals surface area contributed by atoms with E-state index >= 15 is 0 Å². The topological polar surface area (TPSA) is 77.1 Å². The monoisotopic (exact) mass is 435 g/mol. The number of nitrogens with zero attached hydrogens (tertiary/aromatic N) is 2. The number of carbonyl (C=O) groups excluding carboxylic acids is 1. The smallest absolute Gasteiger partial charge is 0.275 e. The molecule has 154 valence electrons. The van der Waals surface area contributed by atoms with Gasteiger partial charge in [0.15, 0.2) is 0 Å². The number of hydrogen-bond acceptors (Lipinski definition) is 5. The quantitative estimate of drug-likeness (QED) is 0.708. The summed E-state index contributed by atoms with van der Waals surface area (Å²) in [5.74, 6) is -0.114. The molecule has 3 rings (SSSR count). The molecule has 1 aliphatic heterocycles. The van der Waals surface area contributed by atoms with E-state index in [0.29, 0.717) is 35.0 Å². The van der Waals surface area contributed by atoms with Crippen molar-refractivity contribution in [1.29, 1.82) is 0 Å². The highest BCUT2D eigenvalue weighted by Crippen LogP contribution is 2.42. The van der Waals surface area contributed by atoms with E-state index in [9.17, 15) is 4.79 Å². The number of methoxy groups -OCH3 is 1. The molecule has 29 heavy (non-hydrogen) atoms. The fourth-order valence-electron chi connectivity index (χ4n) is 3.20. The van der Waals surface area contributed by atoms with E-state index in [1.807, 2.05) is 30.3 Å². The summed E-state index contributed by atoms with van der Waals surface area (Å²) in [7, 11) is 1.47. The number of amides is 1. The Morgan fingerprint density at radius 2 is 1.97 bits per heavy atom. The maximum atomic E-state index is 13.2. The summed E-state index contributed by atoms with van der Waals surface area (Å²) in [6, 6.07) is 14.6. The van der Waals surface area contributed by atoms with Gasteiger partial charge in [-0.05, 0) is 32.0 Å². The third kappa shape index (κ3) is 4.12. The minimum absolute atomic E-state index is 0.218. The van der Waals surface area contributed by atoms with Crippen LogP contribution in [0.5, 0.6) is 0 Å². The maximum Gasteiger partial charge on any atom is 0.275 e. The van der Waals surface area contributed by atoms with Gasteiger partial charge in [0.1, 0.15) is 6.10 Å². The number of ether oxygens (including phenoxy) is 2. The molecule has 1 unspecified atom stereocenters. The lowest BCUT2D eigenvalue weighted by Gasteiger charge is -2.36. The van der Waals surface area contributed by atoms with E-state index in [2.05, 4.69) is 5.10 Å². The van der Waals surface area contributed by atoms with Gasteiger partial charge in [-0.25, -0.2) is 0 Å². The molecule has 0 bridgehead atoms. The van der Waals surface area contributed by atoms with Crippen LogP contribution in [0.1, 0.15) is 30.9 Å². The van der Waals surface area contributed by atoms with Gasteiger partial charge >= 0.3 is 0 Å². The Labute approximate surface area is 180 Å². The SMILES string of the molecule is CO[C@@H](C)C(=O)N1N=C(c2cccc(Cl)c2Cl)OC1(CCCN)c1ccccc1. The lowest BCUT2D eigenvalue weighted by Crippen LogP contribution is -2.48. The second kappa shape index (κ2) is 9.13. The summed E-state index contributed by atoms with van der Waals surface area (Å²) in [6.45, 7) is 2.11. The molecule has 1 heterocycles. The average molecular weight is 436 g/mol. The summed E-state index contributed by atoms with van der Waals surface area (Å²) >= 11 is 12.6. The van der Waals surface area contributed by atoms with Crippen molar-refractivity contribution in [1.82, 2.24) is 5.01 Å². The summed E-state index contributed by atoms with van der Waals surface area (Å²) in [5, 5.41) is 6.55. The van der Waals surface area contributed by atoms with Gasteiger partial charge in [0.2, 0.25) is 11.6 Å². The lowest BCUT2D eigenvalue weighted by atomic mass is 9.96. The zero-order chi connectivity index (χ0) is 21.0. The van der Waals surface area contributed by atoms with Gasteiger partial charge in [-0.3, -0.25) is 4.79 Å². The van der Waals surface area contributed by atoms with Gasteiger partial charge in [0.25, 0.3) is 5.91 Å². The van der Waals surface area contributed by atoms with Crippen LogP contribution in [0.2, 0.25) is 10.0 Å². The van der Waals surface area contributed by atoms with Gasteiger partial charge in [0, 0.05) is 19.1 Å². The number of benzene rings is 2. The second-order valence-corrected chi connectivity index (χ2v) is 7.46. The lowest BCUT2D eigenvalue weighted by molar-refractivity contribution is -0.162. The largest absolute Gasteiger partial charge is 0.443 e. The fraction of sp³-hybridized carbons (Fsp3) is 0.333. The third-order valence-electron chi connectivity index (χ3n) is 4.84. The number of hydrogen-bond donors (Lipinski definition) is 1. The van der Waals surface area contributed by atoms with Gasteiger partial charge in [0.05, 0.1) is 15.6 Å². The molecule has 0 radical (unpaired) electrons. The number of rotatable bonds is 7. The Morgan fingerprint density at radius 1 is 1.24 bits per heavy atom. The Hall–Kier alpha value is -2.12. The van der Waals surface area contributed by atoms with Gasteiger partial charge in [-0.15, -0.1) is 5.10 Å². The summed E-state index contributed by atoms with van der Waals surface area (Å²) in [6.07, 6.45) is 0.352. The predicted octanol–water partition coefficient (Wildman–Crippen LogP) is 4.14. The summed E-state index contributed by atoms with van der Waals surface area (Å²) < 4.78 is 11.6. The van der Waals surface area contributed by atoms with Crippen molar-refractivity contribution in [2.24, 2.45) is 10.8 Å². The van der Waals surface area contributed by atoms with E-state index in [1.54, 1.807) is 25.1 Å². The summed E-state index contributed by atoms with van der Waals surface area (Å²) in [5.41, 5.74) is 5.91. The van der Waals surface area contributed by atoms with Crippen LogP contribution in [0.4, 0.5) is 0 Å². The van der Waals surface area contributed by atoms with Crippen molar-refractivity contribution in [3.05, 3.63) is 69.7 Å². The highest BCUT2D eigenvalue weighted by atomic mass is 35.5. The molecule has 0 aromatic heterocycles. The molecule has 2 N–H and O–H groups in total. The number of hydrazone groups is 1. The van der Waals surface area contributed by atoms with E-state index in [1.165, 1.54) is 12.1 Å². The fourth-order valence-corrected chi connectivity index (χ4v) is 3.58. The Balaban J connectivity index is 2.15. The number of halogens is 2. The number of carbonyl (C=O) groups is 1. The van der Waals surface area contributed by atoms with Crippen LogP contribution < -0.4 is 5.73 Å². The first-order valence-corrected chi connectivity index (χ1v) is 10.0. The average Bonchev–Trinajstić information content (AvgIpc) is 3.14. The minimum atomic E-state index is -1.16. The van der Waals surface area contributed by atoms with Crippen molar-refractivity contribution in [2.75, 3.05) is 13.7 Å². The van der Waals surface area contributed by atoms with Crippen LogP contribution in [-0.2, 0) is 20.0 Å².